The van der Waals surface area contributed by atoms with Gasteiger partial charge in [0.15, 0.2) is 0 Å². The maximum atomic E-state index is 10.3. The second-order valence-corrected chi connectivity index (χ2v) is 6.69. The van der Waals surface area contributed by atoms with Crippen molar-refractivity contribution in [3.8, 4) is 34.4 Å². The van der Waals surface area contributed by atoms with Gasteiger partial charge >= 0.3 is 11.9 Å². The zero-order valence-electron chi connectivity index (χ0n) is 19.8. The van der Waals surface area contributed by atoms with Gasteiger partial charge in [0.2, 0.25) is 23.6 Å². The average molecular weight is 558 g/mol. The smallest absolute Gasteiger partial charge is 0.328 e. The summed E-state index contributed by atoms with van der Waals surface area (Å²) < 4.78 is 20.6. The van der Waals surface area contributed by atoms with Crippen LogP contribution >= 0.6 is 0 Å². The molecule has 0 spiro atoms. The Bertz CT molecular complexity index is 1260. The summed E-state index contributed by atoms with van der Waals surface area (Å²) in [5.41, 5.74) is 1.47. The number of hydrogen-bond acceptors (Lipinski definition) is 10. The van der Waals surface area contributed by atoms with E-state index in [1.807, 2.05) is 0 Å². The fraction of sp³-hybridized carbons (Fsp3) is 0.0833. The van der Waals surface area contributed by atoms with E-state index in [1.165, 1.54) is 12.2 Å². The van der Waals surface area contributed by atoms with E-state index in [1.54, 1.807) is 62.8 Å². The van der Waals surface area contributed by atoms with E-state index < -0.39 is 11.9 Å². The quantitative estimate of drug-likeness (QED) is 0.238. The fourth-order valence-electron chi connectivity index (χ4n) is 2.59. The van der Waals surface area contributed by atoms with Crippen molar-refractivity contribution in [2.45, 2.75) is 0 Å². The van der Waals surface area contributed by atoms with Crippen molar-refractivity contribution in [1.82, 2.24) is 20.4 Å². The van der Waals surface area contributed by atoms with Crippen molar-refractivity contribution in [3.63, 3.8) is 0 Å². The molecule has 0 atom stereocenters. The molecule has 4 rings (SSSR count). The van der Waals surface area contributed by atoms with Gasteiger partial charge in [-0.2, -0.15) is 0 Å². The summed E-state index contributed by atoms with van der Waals surface area (Å²) in [6.07, 6.45) is 4.35. The molecule has 186 valence electrons. The van der Waals surface area contributed by atoms with Crippen molar-refractivity contribution < 1.29 is 57.6 Å². The summed E-state index contributed by atoms with van der Waals surface area (Å²) in [7, 11) is 3.16. The Hall–Kier alpha value is -4.64. The Morgan fingerprint density at radius 3 is 1.32 bits per heavy atom. The number of hydrogen-bond donors (Lipinski definition) is 2. The van der Waals surface area contributed by atoms with Gasteiger partial charge in [-0.05, 0) is 48.5 Å². The van der Waals surface area contributed by atoms with Crippen LogP contribution in [0.1, 0.15) is 11.8 Å². The summed E-state index contributed by atoms with van der Waals surface area (Å²) in [6.45, 7) is 0. The molecule has 12 nitrogen and oxygen atoms in total. The predicted octanol–water partition coefficient (Wildman–Crippen LogP) is 3.68. The standard InChI is InChI=1S/2C12H10N2O4.Zn/c2*1-17-9-4-2-8(3-5-9)12-14-13-10(18-12)6-7-11(15)16;/h2*2-7H,1H3,(H,15,16);/b2*7-6+;. The molecular formula is C24H20N4O8Zn. The molecule has 0 radical (unpaired) electrons. The number of benzene rings is 2. The first kappa shape index (κ1) is 28.6. The van der Waals surface area contributed by atoms with Crippen molar-refractivity contribution in [2.24, 2.45) is 0 Å². The Morgan fingerprint density at radius 1 is 0.676 bits per heavy atom. The first-order valence-electron chi connectivity index (χ1n) is 10.2. The zero-order chi connectivity index (χ0) is 25.9. The fourth-order valence-corrected chi connectivity index (χ4v) is 2.59. The van der Waals surface area contributed by atoms with Gasteiger partial charge in [0.25, 0.3) is 0 Å². The van der Waals surface area contributed by atoms with Gasteiger partial charge in [0.05, 0.1) is 14.2 Å². The molecule has 4 aromatic rings. The SMILES string of the molecule is COc1ccc(-c2nnc(/C=C/C(=O)O)o2)cc1.COc1ccc(-c2nnc(/C=C/C(=O)O)o2)cc1.[Zn]. The number of nitrogens with zero attached hydrogens (tertiary/aromatic N) is 4. The first-order valence-corrected chi connectivity index (χ1v) is 10.2. The van der Waals surface area contributed by atoms with E-state index in [0.29, 0.717) is 11.8 Å². The van der Waals surface area contributed by atoms with Gasteiger partial charge in [0, 0.05) is 54.9 Å². The molecule has 13 heteroatoms. The van der Waals surface area contributed by atoms with Crippen molar-refractivity contribution in [1.29, 1.82) is 0 Å². The minimum atomic E-state index is -1.07. The molecule has 2 N–H and O–H groups in total. The average Bonchev–Trinajstić information content (AvgIpc) is 3.57. The van der Waals surface area contributed by atoms with Gasteiger partial charge in [-0.25, -0.2) is 9.59 Å². The summed E-state index contributed by atoms with van der Waals surface area (Å²) in [5, 5.41) is 32.0. The molecule has 0 aliphatic heterocycles. The summed E-state index contributed by atoms with van der Waals surface area (Å²) in [5.74, 6) is 0.240. The summed E-state index contributed by atoms with van der Waals surface area (Å²) >= 11 is 0. The second-order valence-electron chi connectivity index (χ2n) is 6.69. The van der Waals surface area contributed by atoms with Crippen LogP contribution in [0.2, 0.25) is 0 Å². The normalized spacial score (nSPS) is 10.4. The van der Waals surface area contributed by atoms with E-state index in [4.69, 9.17) is 28.5 Å². The second kappa shape index (κ2) is 14.1. The van der Waals surface area contributed by atoms with E-state index in [0.717, 1.165) is 34.8 Å². The third-order valence-corrected chi connectivity index (χ3v) is 4.29. The van der Waals surface area contributed by atoms with Crippen LogP contribution < -0.4 is 9.47 Å². The monoisotopic (exact) mass is 556 g/mol. The number of carboxylic acid groups (broad SMARTS) is 2. The summed E-state index contributed by atoms with van der Waals surface area (Å²) in [6, 6.07) is 14.2. The van der Waals surface area contributed by atoms with Gasteiger partial charge in [0.1, 0.15) is 11.5 Å². The minimum absolute atomic E-state index is 0. The first-order chi connectivity index (χ1) is 17.4. The van der Waals surface area contributed by atoms with Crippen LogP contribution in [0, 0.1) is 0 Å². The van der Waals surface area contributed by atoms with Gasteiger partial charge < -0.3 is 28.5 Å². The van der Waals surface area contributed by atoms with Crippen molar-refractivity contribution in [3.05, 3.63) is 72.5 Å². The third-order valence-electron chi connectivity index (χ3n) is 4.29. The number of rotatable bonds is 8. The topological polar surface area (TPSA) is 171 Å². The van der Waals surface area contributed by atoms with Crippen LogP contribution in [0.15, 0.2) is 69.5 Å². The van der Waals surface area contributed by atoms with Crippen LogP contribution in [-0.4, -0.2) is 56.8 Å². The number of carboxylic acids is 2. The molecule has 0 fully saturated rings. The Labute approximate surface area is 223 Å². The van der Waals surface area contributed by atoms with Crippen molar-refractivity contribution >= 4 is 24.1 Å². The molecular weight excluding hydrogens is 538 g/mol. The molecule has 0 saturated heterocycles. The van der Waals surface area contributed by atoms with Gasteiger partial charge in [-0.15, -0.1) is 20.4 Å². The molecule has 0 aliphatic carbocycles. The summed E-state index contributed by atoms with van der Waals surface area (Å²) in [4.78, 5) is 20.7. The molecule has 2 aromatic carbocycles. The molecule has 2 heterocycles. The van der Waals surface area contributed by atoms with Crippen molar-refractivity contribution in [2.75, 3.05) is 14.2 Å². The minimum Gasteiger partial charge on any atom is -0.497 e. The largest absolute Gasteiger partial charge is 0.497 e. The number of methoxy groups -OCH3 is 2. The van der Waals surface area contributed by atoms with Gasteiger partial charge in [-0.3, -0.25) is 0 Å². The molecule has 37 heavy (non-hydrogen) atoms. The Morgan fingerprint density at radius 2 is 1.03 bits per heavy atom. The molecule has 0 bridgehead atoms. The maximum absolute atomic E-state index is 10.3. The van der Waals surface area contributed by atoms with Crippen LogP contribution in [0.5, 0.6) is 11.5 Å². The van der Waals surface area contributed by atoms with E-state index >= 15 is 0 Å². The number of ether oxygens (including phenoxy) is 2. The van der Waals surface area contributed by atoms with Crippen LogP contribution in [0.3, 0.4) is 0 Å². The molecule has 2 aromatic heterocycles. The zero-order valence-corrected chi connectivity index (χ0v) is 22.7. The maximum Gasteiger partial charge on any atom is 0.328 e. The van der Waals surface area contributed by atoms with Gasteiger partial charge in [-0.1, -0.05) is 0 Å². The van der Waals surface area contributed by atoms with E-state index in [9.17, 15) is 9.59 Å². The number of carbonyl (C=O) groups is 2. The van der Waals surface area contributed by atoms with Crippen LogP contribution in [-0.2, 0) is 29.1 Å². The van der Waals surface area contributed by atoms with E-state index in [-0.39, 0.29) is 31.3 Å². The number of aliphatic carboxylic acids is 2. The Balaban J connectivity index is 0.000000253. The van der Waals surface area contributed by atoms with E-state index in [2.05, 4.69) is 20.4 Å². The molecule has 0 unspecified atom stereocenters. The predicted molar refractivity (Wildman–Crippen MR) is 126 cm³/mol. The Kier molecular flexibility index (Phi) is 10.9. The molecule has 0 aliphatic rings. The third kappa shape index (κ3) is 8.82. The van der Waals surface area contributed by atoms with Crippen LogP contribution in [0.25, 0.3) is 35.1 Å². The molecule has 0 saturated carbocycles. The molecule has 0 amide bonds. The van der Waals surface area contributed by atoms with Crippen LogP contribution in [0.4, 0.5) is 0 Å². The number of aromatic nitrogens is 4.